The average Bonchev–Trinajstić information content (AvgIpc) is 1.60. The van der Waals surface area contributed by atoms with E-state index in [1.807, 2.05) is 0 Å². The summed E-state index contributed by atoms with van der Waals surface area (Å²) in [6.45, 7) is 1.23. The first kappa shape index (κ1) is 12.9. The van der Waals surface area contributed by atoms with Crippen LogP contribution in [-0.4, -0.2) is 25.0 Å². The average molecular weight is 186 g/mol. The zero-order valence-corrected chi connectivity index (χ0v) is 6.67. The van der Waals surface area contributed by atoms with E-state index in [4.69, 9.17) is 10.3 Å². The summed E-state index contributed by atoms with van der Waals surface area (Å²) in [5.74, 6) is -1.19. The smallest absolute Gasteiger partial charge is 0.344 e. The van der Waals surface area contributed by atoms with Gasteiger partial charge in [0.1, 0.15) is 6.04 Å². The lowest BCUT2D eigenvalue weighted by Gasteiger charge is -2.00. The normalized spacial score (nSPS) is 13.0. The van der Waals surface area contributed by atoms with Crippen LogP contribution >= 0.6 is 0 Å². The molecule has 0 aromatic rings. The highest BCUT2D eigenvalue weighted by Gasteiger charge is 2.16. The van der Waals surface area contributed by atoms with Gasteiger partial charge in [-0.15, -0.1) is 0 Å². The first-order chi connectivity index (χ1) is 4.33. The van der Waals surface area contributed by atoms with Gasteiger partial charge in [-0.25, -0.2) is 4.79 Å². The number of hydrogen-bond acceptors (Lipinski definition) is 6. The maximum Gasteiger partial charge on any atom is 0.449 e. The fourth-order valence-electron chi connectivity index (χ4n) is 0.180. The lowest BCUT2D eigenvalue weighted by atomic mass is 10.4. The minimum atomic E-state index is -4.70. The minimum Gasteiger partial charge on any atom is -0.344 e. The molecule has 1 atom stereocenters. The second-order valence-corrected chi connectivity index (χ2v) is 2.64. The molecule has 0 fully saturated rings. The van der Waals surface area contributed by atoms with Crippen LogP contribution in [0.5, 0.6) is 0 Å². The predicted octanol–water partition coefficient (Wildman–Crippen LogP) is -1.16. The van der Waals surface area contributed by atoms with Gasteiger partial charge in [-0.2, -0.15) is 8.42 Å². The van der Waals surface area contributed by atoms with E-state index in [9.17, 15) is 13.2 Å². The van der Waals surface area contributed by atoms with E-state index >= 15 is 0 Å². The van der Waals surface area contributed by atoms with Crippen molar-refractivity contribution in [3.63, 3.8) is 0 Å². The topological polar surface area (TPSA) is 142 Å². The lowest BCUT2D eigenvalue weighted by Crippen LogP contribution is -2.30. The van der Waals surface area contributed by atoms with Crippen LogP contribution in [0.3, 0.4) is 0 Å². The van der Waals surface area contributed by atoms with Gasteiger partial charge in [0.2, 0.25) is 0 Å². The molecule has 0 bridgehead atoms. The van der Waals surface area contributed by atoms with Crippen LogP contribution < -0.4 is 11.9 Å². The maximum absolute atomic E-state index is 10.3. The van der Waals surface area contributed by atoms with Crippen LogP contribution in [0.25, 0.3) is 0 Å². The number of carbonyl (C=O) groups is 1. The van der Waals surface area contributed by atoms with Crippen LogP contribution in [0.1, 0.15) is 6.92 Å². The number of carbonyl (C=O) groups excluding carboxylic acids is 1. The van der Waals surface area contributed by atoms with E-state index in [-0.39, 0.29) is 6.15 Å². The van der Waals surface area contributed by atoms with Crippen LogP contribution in [0, 0.1) is 0 Å². The molecule has 11 heavy (non-hydrogen) atoms. The summed E-state index contributed by atoms with van der Waals surface area (Å²) >= 11 is 0. The van der Waals surface area contributed by atoms with Gasteiger partial charge >= 0.3 is 16.4 Å². The van der Waals surface area contributed by atoms with Gasteiger partial charge in [0, 0.05) is 0 Å². The van der Waals surface area contributed by atoms with Crippen molar-refractivity contribution in [3.8, 4) is 0 Å². The van der Waals surface area contributed by atoms with Crippen molar-refractivity contribution in [1.29, 1.82) is 0 Å². The Morgan fingerprint density at radius 3 is 2.09 bits per heavy atom. The Hall–Kier alpha value is -0.700. The SMILES string of the molecule is C[C@H](N)C(=O)OS(=O)(=O)O.N. The van der Waals surface area contributed by atoms with Crippen molar-refractivity contribution in [2.24, 2.45) is 5.73 Å². The molecule has 0 radical (unpaired) electrons. The van der Waals surface area contributed by atoms with Crippen LogP contribution in [0.4, 0.5) is 0 Å². The molecule has 7 nitrogen and oxygen atoms in total. The summed E-state index contributed by atoms with van der Waals surface area (Å²) in [6, 6.07) is -1.07. The van der Waals surface area contributed by atoms with E-state index in [0.29, 0.717) is 0 Å². The van der Waals surface area contributed by atoms with Crippen molar-refractivity contribution in [2.45, 2.75) is 13.0 Å². The molecule has 0 saturated heterocycles. The Labute approximate surface area is 64.1 Å². The third-order valence-electron chi connectivity index (χ3n) is 0.559. The molecule has 0 saturated carbocycles. The molecule has 8 heteroatoms. The molecule has 0 heterocycles. The highest BCUT2D eigenvalue weighted by Crippen LogP contribution is 1.89. The fourth-order valence-corrected chi connectivity index (χ4v) is 0.539. The number of hydrogen-bond donors (Lipinski definition) is 3. The van der Waals surface area contributed by atoms with Gasteiger partial charge in [-0.3, -0.25) is 4.55 Å². The van der Waals surface area contributed by atoms with Gasteiger partial charge in [0.25, 0.3) is 0 Å². The van der Waals surface area contributed by atoms with E-state index in [2.05, 4.69) is 4.18 Å². The molecule has 0 aromatic heterocycles. The Morgan fingerprint density at radius 2 is 2.00 bits per heavy atom. The second kappa shape index (κ2) is 4.23. The monoisotopic (exact) mass is 186 g/mol. The molecule has 0 aliphatic heterocycles. The Morgan fingerprint density at radius 1 is 1.64 bits per heavy atom. The van der Waals surface area contributed by atoms with Crippen LogP contribution in [0.2, 0.25) is 0 Å². The highest BCUT2D eigenvalue weighted by atomic mass is 32.3. The standard InChI is InChI=1S/C3H7NO5S.H3N/c1-2(4)3(5)9-10(6,7)8;/h2H,4H2,1H3,(H,6,7,8);1H3/t2-;/m0./s1. The summed E-state index contributed by atoms with van der Waals surface area (Å²) in [5, 5.41) is 0. The van der Waals surface area contributed by atoms with Gasteiger partial charge in [-0.05, 0) is 6.92 Å². The molecule has 0 unspecified atom stereocenters. The molecular weight excluding hydrogens is 176 g/mol. The Balaban J connectivity index is 0. The largest absolute Gasteiger partial charge is 0.449 e. The van der Waals surface area contributed by atoms with Crippen molar-refractivity contribution in [1.82, 2.24) is 6.15 Å². The Bertz CT molecular complexity index is 220. The van der Waals surface area contributed by atoms with E-state index < -0.39 is 22.4 Å². The summed E-state index contributed by atoms with van der Waals surface area (Å²) in [4.78, 5) is 10.3. The summed E-state index contributed by atoms with van der Waals surface area (Å²) in [6.07, 6.45) is 0. The second-order valence-electron chi connectivity index (χ2n) is 1.62. The van der Waals surface area contributed by atoms with Gasteiger partial charge in [-0.1, -0.05) is 0 Å². The number of rotatable bonds is 2. The first-order valence-corrected chi connectivity index (χ1v) is 3.66. The molecule has 6 N–H and O–H groups in total. The van der Waals surface area contributed by atoms with Crippen molar-refractivity contribution in [3.05, 3.63) is 0 Å². The van der Waals surface area contributed by atoms with Crippen LogP contribution in [0.15, 0.2) is 0 Å². The Kier molecular flexibility index (Phi) is 4.98. The quantitative estimate of drug-likeness (QED) is 0.461. The third-order valence-corrected chi connectivity index (χ3v) is 0.934. The first-order valence-electron chi connectivity index (χ1n) is 2.29. The van der Waals surface area contributed by atoms with E-state index in [0.717, 1.165) is 0 Å². The highest BCUT2D eigenvalue weighted by molar-refractivity contribution is 7.81. The molecule has 0 amide bonds. The van der Waals surface area contributed by atoms with Gasteiger partial charge in [0.05, 0.1) is 0 Å². The van der Waals surface area contributed by atoms with Crippen molar-refractivity contribution >= 4 is 16.4 Å². The summed E-state index contributed by atoms with van der Waals surface area (Å²) in [5.41, 5.74) is 4.89. The summed E-state index contributed by atoms with van der Waals surface area (Å²) in [7, 11) is -4.70. The fraction of sp³-hybridized carbons (Fsp3) is 0.667. The molecule has 0 rings (SSSR count). The molecule has 0 spiro atoms. The van der Waals surface area contributed by atoms with Crippen molar-refractivity contribution in [2.75, 3.05) is 0 Å². The summed E-state index contributed by atoms with van der Waals surface area (Å²) < 4.78 is 31.0. The molecule has 0 aliphatic rings. The molecule has 0 aromatic carbocycles. The van der Waals surface area contributed by atoms with Gasteiger partial charge in [0.15, 0.2) is 0 Å². The predicted molar refractivity (Wildman–Crippen MR) is 36.3 cm³/mol. The van der Waals surface area contributed by atoms with Crippen molar-refractivity contribution < 1.29 is 21.9 Å². The molecule has 0 aliphatic carbocycles. The number of nitrogens with two attached hydrogens (primary N) is 1. The minimum absolute atomic E-state index is 0. The molecule has 68 valence electrons. The van der Waals surface area contributed by atoms with Crippen LogP contribution in [-0.2, 0) is 19.4 Å². The van der Waals surface area contributed by atoms with E-state index in [1.54, 1.807) is 0 Å². The lowest BCUT2D eigenvalue weighted by molar-refractivity contribution is -0.135. The van der Waals surface area contributed by atoms with E-state index in [1.165, 1.54) is 6.92 Å². The zero-order valence-electron chi connectivity index (χ0n) is 5.85. The molecular formula is C3H10N2O5S. The zero-order chi connectivity index (χ0) is 8.36. The third kappa shape index (κ3) is 7.19. The maximum atomic E-state index is 10.3. The van der Waals surface area contributed by atoms with Gasteiger partial charge < -0.3 is 16.1 Å².